The Morgan fingerprint density at radius 1 is 1.60 bits per heavy atom. The minimum Gasteiger partial charge on any atom is 0 e. The van der Waals surface area contributed by atoms with Crippen molar-refractivity contribution in [3.05, 3.63) is 0 Å². The standard InChI is InChI=1S/C2H5O.Co.Fe/c1-2-3;;/h3H,1-2H2;;. The molecule has 0 heterocycles. The first-order chi connectivity index (χ1) is 1.91. The van der Waals surface area contributed by atoms with E-state index in [0.29, 0.717) is 5.36 Å². The molecule has 0 aromatic carbocycles. The molecule has 0 atom stereocenters. The average Bonchev–Trinajstić information content (AvgIpc) is 1.37. The molecular formula is C2H5CoFeO. The van der Waals surface area contributed by atoms with Crippen LogP contribution in [0.2, 0.25) is 5.36 Å². The Kier molecular flexibility index (Phi) is 16.6. The van der Waals surface area contributed by atoms with Crippen molar-refractivity contribution in [1.29, 1.82) is 0 Å². The van der Waals surface area contributed by atoms with Crippen molar-refractivity contribution in [3.63, 3.8) is 0 Å². The topological polar surface area (TPSA) is 20.2 Å². The molecule has 0 radical (unpaired) electrons. The third-order valence-corrected chi connectivity index (χ3v) is 0.307. The first kappa shape index (κ1) is 9.37. The quantitative estimate of drug-likeness (QED) is 0.532. The van der Waals surface area contributed by atoms with Gasteiger partial charge in [0.2, 0.25) is 0 Å². The van der Waals surface area contributed by atoms with E-state index in [4.69, 9.17) is 5.11 Å². The van der Waals surface area contributed by atoms with Crippen LogP contribution in [0.25, 0.3) is 0 Å². The molecule has 3 heteroatoms. The maximum absolute atomic E-state index is 7.80. The van der Waals surface area contributed by atoms with Gasteiger partial charge in [-0.15, -0.1) is 0 Å². The summed E-state index contributed by atoms with van der Waals surface area (Å²) in [5.41, 5.74) is 0. The van der Waals surface area contributed by atoms with Gasteiger partial charge in [0.15, 0.2) is 0 Å². The van der Waals surface area contributed by atoms with E-state index >= 15 is 0 Å². The van der Waals surface area contributed by atoms with Crippen LogP contribution < -0.4 is 0 Å². The van der Waals surface area contributed by atoms with Gasteiger partial charge in [-0.2, -0.15) is 0 Å². The van der Waals surface area contributed by atoms with Crippen molar-refractivity contribution < 1.29 is 37.9 Å². The van der Waals surface area contributed by atoms with Crippen LogP contribution in [0.15, 0.2) is 0 Å². The van der Waals surface area contributed by atoms with Gasteiger partial charge >= 0.3 is 32.8 Å². The molecule has 0 bridgehead atoms. The van der Waals surface area contributed by atoms with Crippen molar-refractivity contribution in [1.82, 2.24) is 0 Å². The number of hydrogen-bond donors (Lipinski definition) is 1. The Morgan fingerprint density at radius 3 is 1.80 bits per heavy atom. The molecule has 0 amide bonds. The fourth-order valence-corrected chi connectivity index (χ4v) is 0. The van der Waals surface area contributed by atoms with Crippen molar-refractivity contribution in [2.24, 2.45) is 0 Å². The summed E-state index contributed by atoms with van der Waals surface area (Å²) >= 11 is 3.71. The number of rotatable bonds is 1. The minimum atomic E-state index is 0. The Morgan fingerprint density at radius 2 is 1.80 bits per heavy atom. The summed E-state index contributed by atoms with van der Waals surface area (Å²) in [7, 11) is 0. The SMILES string of the molecule is OC[CH2][Co].[Fe]. The van der Waals surface area contributed by atoms with Gasteiger partial charge in [-0.3, -0.25) is 0 Å². The van der Waals surface area contributed by atoms with Gasteiger partial charge in [0, 0.05) is 17.1 Å². The Labute approximate surface area is 50.2 Å². The zero-order valence-electron chi connectivity index (χ0n) is 2.55. The molecule has 36 valence electrons. The largest absolute Gasteiger partial charge is 0 e. The van der Waals surface area contributed by atoms with Crippen molar-refractivity contribution in [3.8, 4) is 0 Å². The summed E-state index contributed by atoms with van der Waals surface area (Å²) in [6.45, 7) is 0.181. The fraction of sp³-hybridized carbons (Fsp3) is 1.00. The van der Waals surface area contributed by atoms with E-state index < -0.39 is 0 Å². The van der Waals surface area contributed by atoms with Crippen LogP contribution in [0, 0.1) is 0 Å². The van der Waals surface area contributed by atoms with Gasteiger partial charge in [-0.1, -0.05) is 0 Å². The molecular weight excluding hydrogens is 155 g/mol. The van der Waals surface area contributed by atoms with Gasteiger partial charge in [0.05, 0.1) is 0 Å². The molecule has 1 nitrogen and oxygen atoms in total. The first-order valence-electron chi connectivity index (χ1n) is 1.05. The zero-order chi connectivity index (χ0) is 3.41. The Balaban J connectivity index is 0. The van der Waals surface area contributed by atoms with Crippen LogP contribution in [0.5, 0.6) is 0 Å². The second-order valence-electron chi connectivity index (χ2n) is 0.390. The van der Waals surface area contributed by atoms with Crippen molar-refractivity contribution in [2.45, 2.75) is 5.36 Å². The first-order valence-corrected chi connectivity index (χ1v) is 1.79. The predicted octanol–water partition coefficient (Wildman–Crippen LogP) is -0.0587. The normalized spacial score (nSPS) is 6.20. The van der Waals surface area contributed by atoms with E-state index in [9.17, 15) is 0 Å². The second-order valence-corrected chi connectivity index (χ2v) is 0.911. The van der Waals surface area contributed by atoms with E-state index in [1.54, 1.807) is 0 Å². The molecule has 0 aromatic rings. The summed E-state index contributed by atoms with van der Waals surface area (Å²) in [4.78, 5) is 0. The number of aliphatic hydroxyl groups is 1. The Bertz CT molecular complexity index is 11.6. The summed E-state index contributed by atoms with van der Waals surface area (Å²) in [5.74, 6) is 0. The van der Waals surface area contributed by atoms with Gasteiger partial charge in [0.25, 0.3) is 0 Å². The molecule has 0 aromatic heterocycles. The third kappa shape index (κ3) is 11.3. The molecule has 0 aliphatic heterocycles. The summed E-state index contributed by atoms with van der Waals surface area (Å²) < 4.78 is 0. The number of aliphatic hydroxyl groups excluding tert-OH is 1. The van der Waals surface area contributed by atoms with Gasteiger partial charge in [0.1, 0.15) is 0 Å². The van der Waals surface area contributed by atoms with Gasteiger partial charge in [-0.05, 0) is 0 Å². The molecule has 0 rings (SSSR count). The van der Waals surface area contributed by atoms with Crippen LogP contribution in [-0.4, -0.2) is 11.7 Å². The predicted molar refractivity (Wildman–Crippen MR) is 11.9 cm³/mol. The smallest absolute Gasteiger partial charge is 0 e. The summed E-state index contributed by atoms with van der Waals surface area (Å²) in [6.07, 6.45) is 0. The maximum atomic E-state index is 7.80. The molecule has 0 aliphatic carbocycles. The van der Waals surface area contributed by atoms with E-state index in [-0.39, 0.29) is 23.7 Å². The minimum absolute atomic E-state index is 0. The number of hydrogen-bond acceptors (Lipinski definition) is 1. The Hall–Kier alpha value is 0.986. The molecule has 0 saturated heterocycles. The van der Waals surface area contributed by atoms with Crippen LogP contribution in [0.1, 0.15) is 0 Å². The van der Waals surface area contributed by atoms with Crippen molar-refractivity contribution in [2.75, 3.05) is 6.61 Å². The molecule has 0 saturated carbocycles. The van der Waals surface area contributed by atoms with Gasteiger partial charge < -0.3 is 0 Å². The molecule has 0 fully saturated rings. The van der Waals surface area contributed by atoms with Crippen LogP contribution in [0.3, 0.4) is 0 Å². The van der Waals surface area contributed by atoms with E-state index in [0.717, 1.165) is 0 Å². The van der Waals surface area contributed by atoms with E-state index in [1.807, 2.05) is 0 Å². The third-order valence-electron chi connectivity index (χ3n) is 0.0745. The van der Waals surface area contributed by atoms with Crippen LogP contribution >= 0.6 is 0 Å². The summed E-state index contributed by atoms with van der Waals surface area (Å²) in [6, 6.07) is 0. The van der Waals surface area contributed by atoms with Crippen LogP contribution in [0.4, 0.5) is 0 Å². The van der Waals surface area contributed by atoms with E-state index in [2.05, 4.69) is 15.7 Å². The van der Waals surface area contributed by atoms with Crippen LogP contribution in [-0.2, 0) is 32.8 Å². The van der Waals surface area contributed by atoms with E-state index in [1.165, 1.54) is 0 Å². The second kappa shape index (κ2) is 8.88. The summed E-state index contributed by atoms with van der Waals surface area (Å²) in [5, 5.41) is 8.36. The monoisotopic (exact) mass is 160 g/mol. The molecule has 0 unspecified atom stereocenters. The molecule has 0 spiro atoms. The molecule has 0 aliphatic rings. The van der Waals surface area contributed by atoms with Gasteiger partial charge in [-0.25, -0.2) is 0 Å². The maximum Gasteiger partial charge on any atom is 0 e. The molecule has 1 N–H and O–H groups in total. The van der Waals surface area contributed by atoms with Crippen molar-refractivity contribution >= 4 is 0 Å². The molecule has 5 heavy (non-hydrogen) atoms. The average molecular weight is 160 g/mol. The zero-order valence-corrected chi connectivity index (χ0v) is 4.69. The fourth-order valence-electron chi connectivity index (χ4n) is 0.